The van der Waals surface area contributed by atoms with E-state index in [1.165, 1.54) is 8.61 Å². The first-order chi connectivity index (χ1) is 7.55. The SMILES string of the molecule is CC(N(C)S(=O)(=O)N(C)CCCCl)C(C)(C)C. The maximum Gasteiger partial charge on any atom is 0.281 e. The highest BCUT2D eigenvalue weighted by Gasteiger charge is 2.33. The van der Waals surface area contributed by atoms with Crippen molar-refractivity contribution < 1.29 is 8.42 Å². The fraction of sp³-hybridized carbons (Fsp3) is 1.00. The van der Waals surface area contributed by atoms with Crippen molar-refractivity contribution in [2.75, 3.05) is 26.5 Å². The van der Waals surface area contributed by atoms with Crippen LogP contribution < -0.4 is 0 Å². The Morgan fingerprint density at radius 3 is 2.06 bits per heavy atom. The molecule has 0 bridgehead atoms. The molecule has 0 amide bonds. The summed E-state index contributed by atoms with van der Waals surface area (Å²) in [7, 11) is -0.167. The van der Waals surface area contributed by atoms with Gasteiger partial charge in [0.1, 0.15) is 0 Å². The molecule has 0 radical (unpaired) electrons. The first kappa shape index (κ1) is 17.2. The zero-order chi connectivity index (χ0) is 13.9. The first-order valence-electron chi connectivity index (χ1n) is 5.80. The Labute approximate surface area is 111 Å². The molecule has 104 valence electrons. The highest BCUT2D eigenvalue weighted by molar-refractivity contribution is 7.86. The van der Waals surface area contributed by atoms with Crippen molar-refractivity contribution in [3.05, 3.63) is 0 Å². The van der Waals surface area contributed by atoms with Crippen molar-refractivity contribution in [2.45, 2.75) is 40.2 Å². The zero-order valence-electron chi connectivity index (χ0n) is 11.7. The van der Waals surface area contributed by atoms with E-state index in [1.807, 2.05) is 27.7 Å². The van der Waals surface area contributed by atoms with Crippen LogP contribution in [-0.2, 0) is 10.2 Å². The number of hydrogen-bond donors (Lipinski definition) is 0. The van der Waals surface area contributed by atoms with Crippen molar-refractivity contribution in [1.82, 2.24) is 8.61 Å². The van der Waals surface area contributed by atoms with Crippen molar-refractivity contribution in [2.24, 2.45) is 5.41 Å². The lowest BCUT2D eigenvalue weighted by atomic mass is 9.88. The fourth-order valence-corrected chi connectivity index (χ4v) is 3.00. The third-order valence-corrected chi connectivity index (χ3v) is 5.44. The number of alkyl halides is 1. The predicted molar refractivity (Wildman–Crippen MR) is 73.6 cm³/mol. The minimum absolute atomic E-state index is 0.0639. The van der Waals surface area contributed by atoms with Gasteiger partial charge in [0, 0.05) is 32.6 Å². The monoisotopic (exact) mass is 284 g/mol. The van der Waals surface area contributed by atoms with E-state index in [0.717, 1.165) is 0 Å². The smallest absolute Gasteiger partial charge is 0.195 e. The minimum Gasteiger partial charge on any atom is -0.195 e. The molecule has 4 nitrogen and oxygen atoms in total. The van der Waals surface area contributed by atoms with E-state index < -0.39 is 10.2 Å². The molecule has 0 aliphatic heterocycles. The normalized spacial score (nSPS) is 15.6. The summed E-state index contributed by atoms with van der Waals surface area (Å²) in [4.78, 5) is 0. The summed E-state index contributed by atoms with van der Waals surface area (Å²) in [6.45, 7) is 8.47. The molecule has 0 aromatic heterocycles. The summed E-state index contributed by atoms with van der Waals surface area (Å²) in [5, 5.41) is 0. The van der Waals surface area contributed by atoms with Gasteiger partial charge in [-0.3, -0.25) is 0 Å². The topological polar surface area (TPSA) is 40.6 Å². The Morgan fingerprint density at radius 1 is 1.24 bits per heavy atom. The number of nitrogens with zero attached hydrogens (tertiary/aromatic N) is 2. The molecule has 0 N–H and O–H groups in total. The molecule has 0 spiro atoms. The van der Waals surface area contributed by atoms with Gasteiger partial charge in [0.05, 0.1) is 0 Å². The summed E-state index contributed by atoms with van der Waals surface area (Å²) >= 11 is 5.58. The van der Waals surface area contributed by atoms with Crippen LogP contribution in [0, 0.1) is 5.41 Å². The lowest BCUT2D eigenvalue weighted by molar-refractivity contribution is 0.207. The molecule has 0 heterocycles. The van der Waals surface area contributed by atoms with Gasteiger partial charge in [-0.2, -0.15) is 17.0 Å². The largest absolute Gasteiger partial charge is 0.281 e. The molecule has 1 atom stereocenters. The Morgan fingerprint density at radius 2 is 1.71 bits per heavy atom. The molecular formula is C11H25ClN2O2S. The van der Waals surface area contributed by atoms with E-state index in [0.29, 0.717) is 18.8 Å². The predicted octanol–water partition coefficient (Wildman–Crippen LogP) is 2.16. The van der Waals surface area contributed by atoms with Crippen LogP contribution in [0.5, 0.6) is 0 Å². The summed E-state index contributed by atoms with van der Waals surface area (Å²) in [5.41, 5.74) is -0.0882. The zero-order valence-corrected chi connectivity index (χ0v) is 13.3. The van der Waals surface area contributed by atoms with Gasteiger partial charge >= 0.3 is 0 Å². The third-order valence-electron chi connectivity index (χ3n) is 3.16. The van der Waals surface area contributed by atoms with Gasteiger partial charge in [-0.05, 0) is 18.8 Å². The molecule has 0 aliphatic carbocycles. The van der Waals surface area contributed by atoms with E-state index in [1.54, 1.807) is 14.1 Å². The highest BCUT2D eigenvalue weighted by atomic mass is 35.5. The third kappa shape index (κ3) is 4.73. The van der Waals surface area contributed by atoms with E-state index in [-0.39, 0.29) is 11.5 Å². The second kappa shape index (κ2) is 6.36. The average Bonchev–Trinajstić information content (AvgIpc) is 2.22. The Bertz CT molecular complexity index is 325. The van der Waals surface area contributed by atoms with Crippen molar-refractivity contribution in [3.8, 4) is 0 Å². The molecule has 17 heavy (non-hydrogen) atoms. The second-order valence-corrected chi connectivity index (χ2v) is 7.90. The van der Waals surface area contributed by atoms with Gasteiger partial charge in [0.2, 0.25) is 0 Å². The molecule has 0 saturated carbocycles. The van der Waals surface area contributed by atoms with Crippen LogP contribution in [0.3, 0.4) is 0 Å². The van der Waals surface area contributed by atoms with Crippen LogP contribution in [0.2, 0.25) is 0 Å². The van der Waals surface area contributed by atoms with Crippen LogP contribution in [0.25, 0.3) is 0 Å². The summed E-state index contributed by atoms with van der Waals surface area (Å²) in [6.07, 6.45) is 0.662. The fourth-order valence-electron chi connectivity index (χ4n) is 1.36. The molecule has 6 heteroatoms. The Hall–Kier alpha value is 0.160. The van der Waals surface area contributed by atoms with E-state index in [4.69, 9.17) is 11.6 Å². The number of hydrogen-bond acceptors (Lipinski definition) is 2. The van der Waals surface area contributed by atoms with Gasteiger partial charge in [-0.25, -0.2) is 0 Å². The van der Waals surface area contributed by atoms with Crippen LogP contribution in [0.4, 0.5) is 0 Å². The summed E-state index contributed by atoms with van der Waals surface area (Å²) < 4.78 is 27.3. The van der Waals surface area contributed by atoms with Gasteiger partial charge in [0.15, 0.2) is 0 Å². The van der Waals surface area contributed by atoms with Crippen LogP contribution in [-0.4, -0.2) is 49.6 Å². The Balaban J connectivity index is 4.82. The van der Waals surface area contributed by atoms with E-state index >= 15 is 0 Å². The number of rotatable bonds is 6. The number of halogens is 1. The Kier molecular flexibility index (Phi) is 6.42. The van der Waals surface area contributed by atoms with Crippen molar-refractivity contribution in [3.63, 3.8) is 0 Å². The highest BCUT2D eigenvalue weighted by Crippen LogP contribution is 2.25. The average molecular weight is 285 g/mol. The molecule has 0 saturated heterocycles. The lowest BCUT2D eigenvalue weighted by Gasteiger charge is -2.36. The maximum atomic E-state index is 12.2. The quantitative estimate of drug-likeness (QED) is 0.701. The van der Waals surface area contributed by atoms with Crippen molar-refractivity contribution in [1.29, 1.82) is 0 Å². The standard InChI is InChI=1S/C11H25ClN2O2S/c1-10(11(2,3)4)14(6)17(15,16)13(5)9-7-8-12/h10H,7-9H2,1-6H3. The molecule has 0 aromatic rings. The molecule has 1 unspecified atom stereocenters. The summed E-state index contributed by atoms with van der Waals surface area (Å²) in [6, 6.07) is -0.0639. The maximum absolute atomic E-state index is 12.2. The molecule has 0 fully saturated rings. The lowest BCUT2D eigenvalue weighted by Crippen LogP contribution is -2.48. The van der Waals surface area contributed by atoms with E-state index in [2.05, 4.69) is 0 Å². The molecule has 0 aromatic carbocycles. The molecular weight excluding hydrogens is 260 g/mol. The van der Waals surface area contributed by atoms with E-state index in [9.17, 15) is 8.42 Å². The van der Waals surface area contributed by atoms with Crippen LogP contribution >= 0.6 is 11.6 Å². The van der Waals surface area contributed by atoms with Gasteiger partial charge < -0.3 is 0 Å². The first-order valence-corrected chi connectivity index (χ1v) is 7.73. The van der Waals surface area contributed by atoms with Crippen LogP contribution in [0.1, 0.15) is 34.1 Å². The summed E-state index contributed by atoms with van der Waals surface area (Å²) in [5.74, 6) is 0.471. The van der Waals surface area contributed by atoms with Crippen LogP contribution in [0.15, 0.2) is 0 Å². The van der Waals surface area contributed by atoms with Crippen molar-refractivity contribution >= 4 is 21.8 Å². The van der Waals surface area contributed by atoms with Gasteiger partial charge in [-0.15, -0.1) is 11.6 Å². The van der Waals surface area contributed by atoms with Gasteiger partial charge in [0.25, 0.3) is 10.2 Å². The molecule has 0 rings (SSSR count). The minimum atomic E-state index is -3.39. The molecule has 0 aliphatic rings. The van der Waals surface area contributed by atoms with Gasteiger partial charge in [-0.1, -0.05) is 20.8 Å². The second-order valence-electron chi connectivity index (χ2n) is 5.43.